The Morgan fingerprint density at radius 2 is 1.53 bits per heavy atom. The lowest BCUT2D eigenvalue weighted by molar-refractivity contribution is -0.133. The highest BCUT2D eigenvalue weighted by Gasteiger charge is 2.25. The standard InChI is InChI=1S/C31H31ClFN3O2/c1-23(2)36(31(38)26-12-14-27(32)15-13-26)22-30(37)35(20-24-7-4-3-5-8-24)21-29-9-6-18-34(29)19-25-10-16-28(33)17-11-25/h3-18,23H,19-22H2,1-2H3. The van der Waals surface area contributed by atoms with Gasteiger partial charge in [0.2, 0.25) is 5.91 Å². The van der Waals surface area contributed by atoms with Gasteiger partial charge in [-0.15, -0.1) is 0 Å². The molecule has 0 aliphatic carbocycles. The predicted molar refractivity (Wildman–Crippen MR) is 148 cm³/mol. The van der Waals surface area contributed by atoms with Crippen LogP contribution in [0.2, 0.25) is 5.02 Å². The molecule has 1 aromatic heterocycles. The molecule has 3 aromatic carbocycles. The van der Waals surface area contributed by atoms with Crippen LogP contribution in [0.3, 0.4) is 0 Å². The van der Waals surface area contributed by atoms with E-state index in [0.29, 0.717) is 30.2 Å². The van der Waals surface area contributed by atoms with Gasteiger partial charge in [0.1, 0.15) is 12.4 Å². The van der Waals surface area contributed by atoms with E-state index < -0.39 is 0 Å². The molecule has 2 amide bonds. The fraction of sp³-hybridized carbons (Fsp3) is 0.226. The quantitative estimate of drug-likeness (QED) is 0.237. The van der Waals surface area contributed by atoms with Crippen LogP contribution in [-0.4, -0.2) is 38.8 Å². The van der Waals surface area contributed by atoms with Crippen molar-refractivity contribution in [2.75, 3.05) is 6.54 Å². The zero-order chi connectivity index (χ0) is 27.1. The lowest BCUT2D eigenvalue weighted by atomic mass is 10.1. The largest absolute Gasteiger partial charge is 0.345 e. The molecule has 0 bridgehead atoms. The Morgan fingerprint density at radius 1 is 0.842 bits per heavy atom. The van der Waals surface area contributed by atoms with Crippen LogP contribution in [0.25, 0.3) is 0 Å². The fourth-order valence-corrected chi connectivity index (χ4v) is 4.38. The second-order valence-corrected chi connectivity index (χ2v) is 9.96. The van der Waals surface area contributed by atoms with Crippen molar-refractivity contribution >= 4 is 23.4 Å². The number of halogens is 2. The maximum Gasteiger partial charge on any atom is 0.254 e. The molecule has 4 aromatic rings. The molecule has 0 unspecified atom stereocenters. The minimum atomic E-state index is -0.274. The van der Waals surface area contributed by atoms with Crippen molar-refractivity contribution in [1.29, 1.82) is 0 Å². The number of hydrogen-bond donors (Lipinski definition) is 0. The molecule has 0 radical (unpaired) electrons. The first-order chi connectivity index (χ1) is 18.3. The van der Waals surface area contributed by atoms with Crippen molar-refractivity contribution in [1.82, 2.24) is 14.4 Å². The van der Waals surface area contributed by atoms with E-state index >= 15 is 0 Å². The summed E-state index contributed by atoms with van der Waals surface area (Å²) in [5.41, 5.74) is 3.39. The second kappa shape index (κ2) is 12.6. The van der Waals surface area contributed by atoms with Gasteiger partial charge in [-0.3, -0.25) is 9.59 Å². The Balaban J connectivity index is 1.56. The van der Waals surface area contributed by atoms with Crippen molar-refractivity contribution in [3.8, 4) is 0 Å². The highest BCUT2D eigenvalue weighted by atomic mass is 35.5. The van der Waals surface area contributed by atoms with Crippen molar-refractivity contribution in [3.63, 3.8) is 0 Å². The van der Waals surface area contributed by atoms with Crippen molar-refractivity contribution < 1.29 is 14.0 Å². The fourth-order valence-electron chi connectivity index (χ4n) is 4.26. The van der Waals surface area contributed by atoms with Gasteiger partial charge in [-0.2, -0.15) is 0 Å². The zero-order valence-corrected chi connectivity index (χ0v) is 22.3. The molecule has 0 aliphatic rings. The molecule has 0 N–H and O–H groups in total. The molecule has 0 saturated heterocycles. The Morgan fingerprint density at radius 3 is 2.18 bits per heavy atom. The van der Waals surface area contributed by atoms with E-state index in [1.165, 1.54) is 12.1 Å². The Bertz CT molecular complexity index is 1350. The van der Waals surface area contributed by atoms with Crippen LogP contribution < -0.4 is 0 Å². The van der Waals surface area contributed by atoms with Crippen LogP contribution in [0.15, 0.2) is 97.2 Å². The summed E-state index contributed by atoms with van der Waals surface area (Å²) in [6, 6.07) is 26.6. The van der Waals surface area contributed by atoms with E-state index in [4.69, 9.17) is 11.6 Å². The topological polar surface area (TPSA) is 45.6 Å². The van der Waals surface area contributed by atoms with E-state index in [1.54, 1.807) is 46.2 Å². The first-order valence-electron chi connectivity index (χ1n) is 12.6. The van der Waals surface area contributed by atoms with Crippen LogP contribution in [0.5, 0.6) is 0 Å². The summed E-state index contributed by atoms with van der Waals surface area (Å²) in [6.07, 6.45) is 1.95. The van der Waals surface area contributed by atoms with Crippen LogP contribution in [-0.2, 0) is 24.4 Å². The average Bonchev–Trinajstić information content (AvgIpc) is 3.35. The Labute approximate surface area is 228 Å². The van der Waals surface area contributed by atoms with E-state index in [1.807, 2.05) is 62.5 Å². The minimum absolute atomic E-state index is 0.0510. The first-order valence-corrected chi connectivity index (χ1v) is 12.9. The molecule has 0 saturated carbocycles. The summed E-state index contributed by atoms with van der Waals surface area (Å²) in [5.74, 6) is -0.646. The van der Waals surface area contributed by atoms with Crippen LogP contribution in [0, 0.1) is 5.82 Å². The summed E-state index contributed by atoms with van der Waals surface area (Å²) in [4.78, 5) is 30.4. The third-order valence-electron chi connectivity index (χ3n) is 6.39. The molecule has 5 nitrogen and oxygen atoms in total. The number of aromatic nitrogens is 1. The number of carbonyl (C=O) groups excluding carboxylic acids is 2. The molecular formula is C31H31ClFN3O2. The number of rotatable bonds is 10. The molecule has 196 valence electrons. The summed E-state index contributed by atoms with van der Waals surface area (Å²) < 4.78 is 15.4. The highest BCUT2D eigenvalue weighted by Crippen LogP contribution is 2.17. The Hall–Kier alpha value is -3.90. The lowest BCUT2D eigenvalue weighted by Gasteiger charge is -2.30. The normalized spacial score (nSPS) is 11.0. The van der Waals surface area contributed by atoms with Crippen LogP contribution in [0.1, 0.15) is 41.0 Å². The van der Waals surface area contributed by atoms with Crippen LogP contribution in [0.4, 0.5) is 4.39 Å². The van der Waals surface area contributed by atoms with Gasteiger partial charge in [-0.25, -0.2) is 4.39 Å². The summed E-state index contributed by atoms with van der Waals surface area (Å²) >= 11 is 6.00. The van der Waals surface area contributed by atoms with E-state index in [2.05, 4.69) is 4.57 Å². The highest BCUT2D eigenvalue weighted by molar-refractivity contribution is 6.30. The number of hydrogen-bond acceptors (Lipinski definition) is 2. The molecule has 0 atom stereocenters. The number of amides is 2. The summed E-state index contributed by atoms with van der Waals surface area (Å²) in [5, 5.41) is 0.548. The maximum atomic E-state index is 13.7. The molecule has 7 heteroatoms. The smallest absolute Gasteiger partial charge is 0.254 e. The molecule has 1 heterocycles. The molecule has 0 aliphatic heterocycles. The van der Waals surface area contributed by atoms with Crippen molar-refractivity contribution in [2.45, 2.75) is 39.5 Å². The monoisotopic (exact) mass is 531 g/mol. The zero-order valence-electron chi connectivity index (χ0n) is 21.6. The molecular weight excluding hydrogens is 501 g/mol. The molecule has 0 fully saturated rings. The number of carbonyl (C=O) groups is 2. The lowest BCUT2D eigenvalue weighted by Crippen LogP contribution is -2.45. The van der Waals surface area contributed by atoms with Gasteiger partial charge in [0.15, 0.2) is 0 Å². The third-order valence-corrected chi connectivity index (χ3v) is 6.64. The van der Waals surface area contributed by atoms with E-state index in [9.17, 15) is 14.0 Å². The maximum absolute atomic E-state index is 13.7. The van der Waals surface area contributed by atoms with Gasteiger partial charge >= 0.3 is 0 Å². The molecule has 38 heavy (non-hydrogen) atoms. The van der Waals surface area contributed by atoms with Gasteiger partial charge in [0.25, 0.3) is 5.91 Å². The SMILES string of the molecule is CC(C)N(CC(=O)N(Cc1ccccc1)Cc1cccn1Cc1ccc(F)cc1)C(=O)c1ccc(Cl)cc1. The van der Waals surface area contributed by atoms with Crippen LogP contribution >= 0.6 is 11.6 Å². The molecule has 4 rings (SSSR count). The minimum Gasteiger partial charge on any atom is -0.345 e. The van der Waals surface area contributed by atoms with Gasteiger partial charge < -0.3 is 14.4 Å². The van der Waals surface area contributed by atoms with Crippen molar-refractivity contribution in [2.24, 2.45) is 0 Å². The summed E-state index contributed by atoms with van der Waals surface area (Å²) in [7, 11) is 0. The Kier molecular flexibility index (Phi) is 8.98. The first kappa shape index (κ1) is 27.1. The van der Waals surface area contributed by atoms with Gasteiger partial charge in [0.05, 0.1) is 6.54 Å². The molecule has 0 spiro atoms. The van der Waals surface area contributed by atoms with Crippen molar-refractivity contribution in [3.05, 3.63) is 130 Å². The third kappa shape index (κ3) is 7.11. The van der Waals surface area contributed by atoms with Gasteiger partial charge in [0, 0.05) is 41.6 Å². The van der Waals surface area contributed by atoms with Gasteiger partial charge in [-0.05, 0) is 73.5 Å². The predicted octanol–water partition coefficient (Wildman–Crippen LogP) is 6.41. The van der Waals surface area contributed by atoms with Gasteiger partial charge in [-0.1, -0.05) is 54.1 Å². The summed E-state index contributed by atoms with van der Waals surface area (Å²) in [6.45, 7) is 5.08. The van der Waals surface area contributed by atoms with E-state index in [0.717, 1.165) is 16.8 Å². The second-order valence-electron chi connectivity index (χ2n) is 9.52. The number of nitrogens with zero attached hydrogens (tertiary/aromatic N) is 3. The van der Waals surface area contributed by atoms with E-state index in [-0.39, 0.29) is 30.2 Å². The average molecular weight is 532 g/mol. The number of benzene rings is 3.